The van der Waals surface area contributed by atoms with Crippen LogP contribution in [-0.4, -0.2) is 16.0 Å². The second kappa shape index (κ2) is 4.71. The van der Waals surface area contributed by atoms with E-state index in [4.69, 9.17) is 0 Å². The van der Waals surface area contributed by atoms with Crippen LogP contribution < -0.4 is 5.32 Å². The Kier molecular flexibility index (Phi) is 3.31. The molecule has 1 heterocycles. The Balaban J connectivity index is 1.86. The van der Waals surface area contributed by atoms with Crippen molar-refractivity contribution in [2.45, 2.75) is 45.7 Å². The fraction of sp³-hybridized carbons (Fsp3) is 0.667. The molecule has 0 amide bonds. The number of aryl methyl sites for hydroxylation is 1. The molecule has 0 spiro atoms. The smallest absolute Gasteiger partial charge is 0.125 e. The van der Waals surface area contributed by atoms with Gasteiger partial charge in [-0.15, -0.1) is 0 Å². The topological polar surface area (TPSA) is 37.8 Å². The lowest BCUT2D eigenvalue weighted by molar-refractivity contribution is 0.446. The van der Waals surface area contributed by atoms with Gasteiger partial charge in [0, 0.05) is 18.8 Å². The molecule has 1 aromatic heterocycles. The molecule has 1 fully saturated rings. The molecule has 1 aliphatic carbocycles. The standard InChI is InChI=1S/C12H19N3/c1-3-12(10-4-5-10)14-8-11-6-7-13-9(2)15-11/h6-7,10,12,14H,3-5,8H2,1-2H3. The van der Waals surface area contributed by atoms with Gasteiger partial charge in [0.1, 0.15) is 5.82 Å². The highest BCUT2D eigenvalue weighted by Crippen LogP contribution is 2.33. The van der Waals surface area contributed by atoms with Crippen molar-refractivity contribution in [1.82, 2.24) is 15.3 Å². The van der Waals surface area contributed by atoms with Crippen LogP contribution in [0.25, 0.3) is 0 Å². The predicted molar refractivity (Wildman–Crippen MR) is 60.4 cm³/mol. The van der Waals surface area contributed by atoms with Gasteiger partial charge in [-0.25, -0.2) is 9.97 Å². The number of hydrogen-bond donors (Lipinski definition) is 1. The van der Waals surface area contributed by atoms with E-state index in [-0.39, 0.29) is 0 Å². The molecule has 1 atom stereocenters. The van der Waals surface area contributed by atoms with Crippen LogP contribution in [0.4, 0.5) is 0 Å². The van der Waals surface area contributed by atoms with Crippen molar-refractivity contribution in [2.24, 2.45) is 5.92 Å². The van der Waals surface area contributed by atoms with E-state index in [0.29, 0.717) is 6.04 Å². The molecular weight excluding hydrogens is 186 g/mol. The van der Waals surface area contributed by atoms with Crippen molar-refractivity contribution in [3.8, 4) is 0 Å². The molecule has 0 radical (unpaired) electrons. The second-order valence-electron chi connectivity index (χ2n) is 4.33. The Labute approximate surface area is 91.3 Å². The highest BCUT2D eigenvalue weighted by atomic mass is 15.0. The second-order valence-corrected chi connectivity index (χ2v) is 4.33. The number of nitrogens with zero attached hydrogens (tertiary/aromatic N) is 2. The van der Waals surface area contributed by atoms with E-state index in [1.807, 2.05) is 19.2 Å². The first-order chi connectivity index (χ1) is 7.29. The molecule has 0 aromatic carbocycles. The minimum Gasteiger partial charge on any atom is -0.308 e. The predicted octanol–water partition coefficient (Wildman–Crippen LogP) is 2.06. The first-order valence-corrected chi connectivity index (χ1v) is 5.81. The van der Waals surface area contributed by atoms with Crippen LogP contribution in [-0.2, 0) is 6.54 Å². The SMILES string of the molecule is CCC(NCc1ccnc(C)n1)C1CC1. The van der Waals surface area contributed by atoms with E-state index >= 15 is 0 Å². The summed E-state index contributed by atoms with van der Waals surface area (Å²) >= 11 is 0. The fourth-order valence-electron chi connectivity index (χ4n) is 1.98. The van der Waals surface area contributed by atoms with Crippen molar-refractivity contribution < 1.29 is 0 Å². The molecule has 1 N–H and O–H groups in total. The lowest BCUT2D eigenvalue weighted by Crippen LogP contribution is -2.30. The summed E-state index contributed by atoms with van der Waals surface area (Å²) in [5.41, 5.74) is 1.10. The van der Waals surface area contributed by atoms with Gasteiger partial charge in [-0.3, -0.25) is 0 Å². The largest absolute Gasteiger partial charge is 0.308 e. The monoisotopic (exact) mass is 205 g/mol. The Bertz CT molecular complexity index is 320. The number of aromatic nitrogens is 2. The van der Waals surface area contributed by atoms with Gasteiger partial charge in [0.05, 0.1) is 5.69 Å². The molecule has 0 saturated heterocycles. The molecule has 1 aliphatic rings. The van der Waals surface area contributed by atoms with Crippen LogP contribution in [0.3, 0.4) is 0 Å². The van der Waals surface area contributed by atoms with Crippen LogP contribution in [0.2, 0.25) is 0 Å². The Morgan fingerprint density at radius 3 is 2.93 bits per heavy atom. The first kappa shape index (κ1) is 10.6. The fourth-order valence-corrected chi connectivity index (χ4v) is 1.98. The molecule has 15 heavy (non-hydrogen) atoms. The average Bonchev–Trinajstić information content (AvgIpc) is 3.03. The van der Waals surface area contributed by atoms with Crippen LogP contribution in [0.15, 0.2) is 12.3 Å². The third-order valence-electron chi connectivity index (χ3n) is 3.01. The summed E-state index contributed by atoms with van der Waals surface area (Å²) in [6.07, 6.45) is 5.84. The van der Waals surface area contributed by atoms with Crippen molar-refractivity contribution in [2.75, 3.05) is 0 Å². The number of nitrogens with one attached hydrogen (secondary N) is 1. The summed E-state index contributed by atoms with van der Waals surface area (Å²) in [6, 6.07) is 2.67. The summed E-state index contributed by atoms with van der Waals surface area (Å²) in [5.74, 6) is 1.77. The van der Waals surface area contributed by atoms with E-state index in [9.17, 15) is 0 Å². The van der Waals surface area contributed by atoms with E-state index < -0.39 is 0 Å². The lowest BCUT2D eigenvalue weighted by atomic mass is 10.1. The summed E-state index contributed by atoms with van der Waals surface area (Å²) in [5, 5.41) is 3.58. The van der Waals surface area contributed by atoms with Gasteiger partial charge in [0.2, 0.25) is 0 Å². The molecule has 82 valence electrons. The Morgan fingerprint density at radius 2 is 2.33 bits per heavy atom. The molecule has 0 aliphatic heterocycles. The summed E-state index contributed by atoms with van der Waals surface area (Å²) in [6.45, 7) is 5.06. The van der Waals surface area contributed by atoms with Gasteiger partial charge in [-0.1, -0.05) is 6.92 Å². The van der Waals surface area contributed by atoms with Gasteiger partial charge in [0.25, 0.3) is 0 Å². The van der Waals surface area contributed by atoms with Gasteiger partial charge in [-0.05, 0) is 38.2 Å². The lowest BCUT2D eigenvalue weighted by Gasteiger charge is -2.15. The summed E-state index contributed by atoms with van der Waals surface area (Å²) < 4.78 is 0. The molecular formula is C12H19N3. The maximum atomic E-state index is 4.39. The zero-order valence-electron chi connectivity index (χ0n) is 9.53. The van der Waals surface area contributed by atoms with Gasteiger partial charge in [0.15, 0.2) is 0 Å². The zero-order valence-corrected chi connectivity index (χ0v) is 9.53. The van der Waals surface area contributed by atoms with E-state index in [0.717, 1.165) is 24.0 Å². The van der Waals surface area contributed by atoms with Gasteiger partial charge >= 0.3 is 0 Å². The van der Waals surface area contributed by atoms with Gasteiger partial charge in [-0.2, -0.15) is 0 Å². The number of rotatable bonds is 5. The molecule has 1 aromatic rings. The summed E-state index contributed by atoms with van der Waals surface area (Å²) in [7, 11) is 0. The van der Waals surface area contributed by atoms with E-state index in [1.165, 1.54) is 19.3 Å². The third kappa shape index (κ3) is 2.99. The minimum absolute atomic E-state index is 0.681. The molecule has 3 heteroatoms. The van der Waals surface area contributed by atoms with Crippen LogP contribution in [0.1, 0.15) is 37.7 Å². The van der Waals surface area contributed by atoms with Crippen molar-refractivity contribution in [3.05, 3.63) is 23.8 Å². The van der Waals surface area contributed by atoms with Crippen LogP contribution in [0.5, 0.6) is 0 Å². The third-order valence-corrected chi connectivity index (χ3v) is 3.01. The van der Waals surface area contributed by atoms with Crippen LogP contribution in [0, 0.1) is 12.8 Å². The molecule has 1 saturated carbocycles. The average molecular weight is 205 g/mol. The molecule has 3 nitrogen and oxygen atoms in total. The Hall–Kier alpha value is -0.960. The summed E-state index contributed by atoms with van der Waals surface area (Å²) in [4.78, 5) is 8.48. The van der Waals surface area contributed by atoms with Crippen LogP contribution >= 0.6 is 0 Å². The highest BCUT2D eigenvalue weighted by molar-refractivity contribution is 5.01. The Morgan fingerprint density at radius 1 is 1.53 bits per heavy atom. The van der Waals surface area contributed by atoms with Crippen molar-refractivity contribution in [1.29, 1.82) is 0 Å². The molecule has 1 unspecified atom stereocenters. The van der Waals surface area contributed by atoms with E-state index in [1.54, 1.807) is 0 Å². The first-order valence-electron chi connectivity index (χ1n) is 5.81. The normalized spacial score (nSPS) is 17.7. The highest BCUT2D eigenvalue weighted by Gasteiger charge is 2.29. The van der Waals surface area contributed by atoms with E-state index in [2.05, 4.69) is 22.2 Å². The maximum Gasteiger partial charge on any atom is 0.125 e. The van der Waals surface area contributed by atoms with Gasteiger partial charge < -0.3 is 5.32 Å². The molecule has 0 bridgehead atoms. The minimum atomic E-state index is 0.681. The number of hydrogen-bond acceptors (Lipinski definition) is 3. The molecule has 2 rings (SSSR count). The van der Waals surface area contributed by atoms with Crippen molar-refractivity contribution in [3.63, 3.8) is 0 Å². The quantitative estimate of drug-likeness (QED) is 0.799. The zero-order chi connectivity index (χ0) is 10.7. The van der Waals surface area contributed by atoms with Crippen molar-refractivity contribution >= 4 is 0 Å². The maximum absolute atomic E-state index is 4.39.